The van der Waals surface area contributed by atoms with Crippen LogP contribution in [0.2, 0.25) is 0 Å². The third kappa shape index (κ3) is 12.7. The molecule has 3 rings (SSSR count). The van der Waals surface area contributed by atoms with Crippen LogP contribution in [0.4, 0.5) is 0 Å². The molecule has 2 aliphatic heterocycles. The van der Waals surface area contributed by atoms with Gasteiger partial charge in [-0.2, -0.15) is 0 Å². The van der Waals surface area contributed by atoms with Crippen molar-refractivity contribution in [2.24, 2.45) is 17.8 Å². The first kappa shape index (κ1) is 35.2. The van der Waals surface area contributed by atoms with Crippen molar-refractivity contribution < 1.29 is 38.4 Å². The van der Waals surface area contributed by atoms with Crippen molar-refractivity contribution in [2.75, 3.05) is 20.3 Å². The van der Waals surface area contributed by atoms with Crippen molar-refractivity contribution in [3.8, 4) is 0 Å². The van der Waals surface area contributed by atoms with E-state index in [-0.39, 0.29) is 48.4 Å². The predicted molar refractivity (Wildman–Crippen MR) is 162 cm³/mol. The van der Waals surface area contributed by atoms with Crippen LogP contribution in [0.5, 0.6) is 0 Å². The second kappa shape index (κ2) is 19.9. The Kier molecular flexibility index (Phi) is 16.6. The first-order chi connectivity index (χ1) is 20.4. The van der Waals surface area contributed by atoms with Crippen molar-refractivity contribution >= 4 is 11.8 Å². The fourth-order valence-electron chi connectivity index (χ4n) is 6.56. The minimum Gasteiger partial charge on any atom is -0.469 e. The molecule has 8 heteroatoms. The van der Waals surface area contributed by atoms with E-state index in [1.165, 1.54) is 32.8 Å². The van der Waals surface area contributed by atoms with Crippen LogP contribution < -0.4 is 0 Å². The van der Waals surface area contributed by atoms with Crippen molar-refractivity contribution in [3.63, 3.8) is 0 Å². The molecular weight excluding hydrogens is 536 g/mol. The number of aliphatic hydroxyl groups excluding tert-OH is 1. The van der Waals surface area contributed by atoms with Gasteiger partial charge in [0.1, 0.15) is 5.78 Å². The smallest absolute Gasteiger partial charge is 0.305 e. The molecule has 0 aromatic heterocycles. The van der Waals surface area contributed by atoms with Crippen LogP contribution in [-0.4, -0.2) is 68.1 Å². The maximum Gasteiger partial charge on any atom is 0.305 e. The van der Waals surface area contributed by atoms with Gasteiger partial charge in [-0.1, -0.05) is 51.7 Å². The average molecular weight is 595 g/mol. The van der Waals surface area contributed by atoms with Crippen molar-refractivity contribution in [3.05, 3.63) is 12.2 Å². The Hall–Kier alpha value is -1.32. The van der Waals surface area contributed by atoms with Gasteiger partial charge >= 0.3 is 5.97 Å². The van der Waals surface area contributed by atoms with Crippen LogP contribution in [-0.2, 0) is 33.3 Å². The van der Waals surface area contributed by atoms with Crippen molar-refractivity contribution in [1.82, 2.24) is 0 Å². The van der Waals surface area contributed by atoms with Gasteiger partial charge in [0.25, 0.3) is 0 Å². The Balaban J connectivity index is 1.69. The number of methoxy groups -OCH3 is 1. The van der Waals surface area contributed by atoms with Crippen LogP contribution in [0.25, 0.3) is 0 Å². The van der Waals surface area contributed by atoms with Crippen LogP contribution >= 0.6 is 0 Å². The lowest BCUT2D eigenvalue weighted by Crippen LogP contribution is -2.32. The summed E-state index contributed by atoms with van der Waals surface area (Å²) < 4.78 is 29.5. The highest BCUT2D eigenvalue weighted by Gasteiger charge is 2.44. The maximum absolute atomic E-state index is 13.0. The van der Waals surface area contributed by atoms with Crippen LogP contribution in [0.3, 0.4) is 0 Å². The van der Waals surface area contributed by atoms with Gasteiger partial charge in [-0.05, 0) is 63.7 Å². The maximum atomic E-state index is 13.0. The van der Waals surface area contributed by atoms with Gasteiger partial charge in [0.05, 0.1) is 25.4 Å². The molecule has 0 amide bonds. The molecule has 0 aromatic rings. The third-order valence-corrected chi connectivity index (χ3v) is 9.08. The van der Waals surface area contributed by atoms with Gasteiger partial charge in [-0.3, -0.25) is 9.59 Å². The first-order valence-corrected chi connectivity index (χ1v) is 16.9. The Morgan fingerprint density at radius 2 is 1.69 bits per heavy atom. The molecule has 0 spiro atoms. The number of hydrogen-bond acceptors (Lipinski definition) is 8. The third-order valence-electron chi connectivity index (χ3n) is 9.08. The lowest BCUT2D eigenvalue weighted by atomic mass is 9.87. The molecule has 0 radical (unpaired) electrons. The van der Waals surface area contributed by atoms with E-state index < -0.39 is 6.10 Å². The lowest BCUT2D eigenvalue weighted by Gasteiger charge is -2.30. The van der Waals surface area contributed by atoms with Gasteiger partial charge < -0.3 is 28.8 Å². The summed E-state index contributed by atoms with van der Waals surface area (Å²) in [5.74, 6) is 0.0486. The molecule has 2 unspecified atom stereocenters. The Bertz CT molecular complexity index is 788. The molecule has 2 saturated heterocycles. The van der Waals surface area contributed by atoms with E-state index in [4.69, 9.17) is 23.7 Å². The normalized spacial score (nSPS) is 29.9. The molecule has 0 bridgehead atoms. The summed E-state index contributed by atoms with van der Waals surface area (Å²) in [5.41, 5.74) is 0. The standard InChI is InChI=1S/C34H58O8/c1-4-5-6-13-25(2)22-27(41-33-16-9-11-20-39-33)18-19-28-29(23-26(35)14-7-8-15-32(37)38-3)30(36)24-31(28)42-34-17-10-12-21-40-34/h18-19,25,27-31,33-34,36H,4-17,20-24H2,1-3H3/b19-18+/t25-,27+,28+,29+,30-,31+,33?,34?/m0/s1. The van der Waals surface area contributed by atoms with Gasteiger partial charge in [-0.25, -0.2) is 0 Å². The summed E-state index contributed by atoms with van der Waals surface area (Å²) in [4.78, 5) is 24.4. The number of esters is 1. The minimum atomic E-state index is -0.624. The number of Topliss-reactive ketones (excluding diaryl/α,β-unsaturated/α-hetero) is 1. The molecule has 8 nitrogen and oxygen atoms in total. The summed E-state index contributed by atoms with van der Waals surface area (Å²) in [6.07, 6.45) is 17.5. The first-order valence-electron chi connectivity index (χ1n) is 16.9. The molecule has 1 saturated carbocycles. The van der Waals surface area contributed by atoms with E-state index in [0.29, 0.717) is 51.0 Å². The highest BCUT2D eigenvalue weighted by molar-refractivity contribution is 5.78. The van der Waals surface area contributed by atoms with E-state index in [1.54, 1.807) is 0 Å². The van der Waals surface area contributed by atoms with E-state index in [2.05, 4.69) is 26.0 Å². The average Bonchev–Trinajstić information content (AvgIpc) is 3.27. The van der Waals surface area contributed by atoms with E-state index in [1.807, 2.05) is 0 Å². The Morgan fingerprint density at radius 1 is 0.976 bits per heavy atom. The van der Waals surface area contributed by atoms with E-state index >= 15 is 0 Å². The van der Waals surface area contributed by atoms with Gasteiger partial charge in [0, 0.05) is 50.7 Å². The minimum absolute atomic E-state index is 0.0938. The summed E-state index contributed by atoms with van der Waals surface area (Å²) in [6, 6.07) is 0. The molecular formula is C34H58O8. The van der Waals surface area contributed by atoms with Crippen molar-refractivity contribution in [2.45, 2.75) is 154 Å². The summed E-state index contributed by atoms with van der Waals surface area (Å²) in [5, 5.41) is 11.2. The molecule has 3 aliphatic rings. The van der Waals surface area contributed by atoms with Gasteiger partial charge in [0.15, 0.2) is 12.6 Å². The number of unbranched alkanes of at least 4 members (excludes halogenated alkanes) is 3. The molecule has 1 N–H and O–H groups in total. The molecule has 42 heavy (non-hydrogen) atoms. The Morgan fingerprint density at radius 3 is 2.36 bits per heavy atom. The number of ketones is 1. The lowest BCUT2D eigenvalue weighted by molar-refractivity contribution is -0.193. The highest BCUT2D eigenvalue weighted by Crippen LogP contribution is 2.40. The number of ether oxygens (including phenoxy) is 5. The zero-order chi connectivity index (χ0) is 30.2. The predicted octanol–water partition coefficient (Wildman–Crippen LogP) is 6.66. The molecule has 2 heterocycles. The second-order valence-corrected chi connectivity index (χ2v) is 12.7. The summed E-state index contributed by atoms with van der Waals surface area (Å²) in [6.45, 7) is 5.97. The zero-order valence-electron chi connectivity index (χ0n) is 26.5. The highest BCUT2D eigenvalue weighted by atomic mass is 16.7. The zero-order valence-corrected chi connectivity index (χ0v) is 26.5. The van der Waals surface area contributed by atoms with Crippen LogP contribution in [0.1, 0.15) is 123 Å². The van der Waals surface area contributed by atoms with Gasteiger partial charge in [0.2, 0.25) is 0 Å². The number of hydrogen-bond donors (Lipinski definition) is 1. The summed E-state index contributed by atoms with van der Waals surface area (Å²) >= 11 is 0. The number of aliphatic hydroxyl groups is 1. The topological polar surface area (TPSA) is 101 Å². The molecule has 242 valence electrons. The summed E-state index contributed by atoms with van der Waals surface area (Å²) in [7, 11) is 1.38. The quantitative estimate of drug-likeness (QED) is 0.101. The second-order valence-electron chi connectivity index (χ2n) is 12.7. The fourth-order valence-corrected chi connectivity index (χ4v) is 6.56. The van der Waals surface area contributed by atoms with Crippen LogP contribution in [0.15, 0.2) is 12.2 Å². The monoisotopic (exact) mass is 594 g/mol. The number of carbonyl (C=O) groups is 2. The fraction of sp³-hybridized carbons (Fsp3) is 0.882. The molecule has 8 atom stereocenters. The molecule has 0 aromatic carbocycles. The largest absolute Gasteiger partial charge is 0.469 e. The van der Waals surface area contributed by atoms with Crippen molar-refractivity contribution in [1.29, 1.82) is 0 Å². The molecule has 1 aliphatic carbocycles. The van der Waals surface area contributed by atoms with E-state index in [0.717, 1.165) is 51.6 Å². The number of rotatable bonds is 19. The molecule has 3 fully saturated rings. The van der Waals surface area contributed by atoms with Gasteiger partial charge in [-0.15, -0.1) is 0 Å². The number of carbonyl (C=O) groups excluding carboxylic acids is 2. The Labute approximate surface area is 254 Å². The SMILES string of the molecule is CCCCC[C@H](C)C[C@@H](/C=C/[C@@H]1[C@@H](CC(=O)CCCCC(=O)OC)[C@@H](O)C[C@H]1OC1CCCCO1)OC1CCCCO1. The van der Waals surface area contributed by atoms with Crippen LogP contribution in [0, 0.1) is 17.8 Å². The van der Waals surface area contributed by atoms with E-state index in [9.17, 15) is 14.7 Å².